The van der Waals surface area contributed by atoms with Gasteiger partial charge in [0.2, 0.25) is 0 Å². The van der Waals surface area contributed by atoms with Gasteiger partial charge in [0.15, 0.2) is 0 Å². The van der Waals surface area contributed by atoms with Gasteiger partial charge in [-0.1, -0.05) is 55.0 Å². The molecular weight excluding hydrogens is 312 g/mol. The van der Waals surface area contributed by atoms with Crippen molar-refractivity contribution in [3.63, 3.8) is 0 Å². The van der Waals surface area contributed by atoms with Gasteiger partial charge in [-0.2, -0.15) is 11.8 Å². The summed E-state index contributed by atoms with van der Waals surface area (Å²) >= 11 is 2.16. The second kappa shape index (κ2) is 5.77. The highest BCUT2D eigenvalue weighted by molar-refractivity contribution is 8.00. The number of hydrogen-bond donors (Lipinski definition) is 0. The Bertz CT molecular complexity index is 739. The summed E-state index contributed by atoms with van der Waals surface area (Å²) in [6.07, 6.45) is 6.17. The summed E-state index contributed by atoms with van der Waals surface area (Å²) in [5.74, 6) is 0.696. The molecule has 122 valence electrons. The summed E-state index contributed by atoms with van der Waals surface area (Å²) in [5, 5.41) is 1.44. The van der Waals surface area contributed by atoms with Gasteiger partial charge in [0.05, 0.1) is 5.92 Å². The molecular formula is C22H22OS. The van der Waals surface area contributed by atoms with Crippen LogP contribution in [-0.2, 0) is 4.79 Å². The molecule has 0 N–H and O–H groups in total. The predicted octanol–water partition coefficient (Wildman–Crippen LogP) is 5.43. The first-order chi connectivity index (χ1) is 11.8. The van der Waals surface area contributed by atoms with Crippen LogP contribution in [0.3, 0.4) is 0 Å². The quantitative estimate of drug-likeness (QED) is 0.728. The lowest BCUT2D eigenvalue weighted by Gasteiger charge is -2.38. The first-order valence-corrected chi connectivity index (χ1v) is 10.1. The van der Waals surface area contributed by atoms with Crippen LogP contribution in [0.2, 0.25) is 0 Å². The number of rotatable bonds is 2. The third-order valence-electron chi connectivity index (χ3n) is 6.05. The fraction of sp³-hybridized carbons (Fsp3) is 0.409. The summed E-state index contributed by atoms with van der Waals surface area (Å²) in [6, 6.07) is 17.0. The predicted molar refractivity (Wildman–Crippen MR) is 100 cm³/mol. The zero-order chi connectivity index (χ0) is 16.1. The average molecular weight is 334 g/mol. The van der Waals surface area contributed by atoms with E-state index in [-0.39, 0.29) is 11.8 Å². The van der Waals surface area contributed by atoms with E-state index in [4.69, 9.17) is 0 Å². The van der Waals surface area contributed by atoms with Crippen molar-refractivity contribution in [2.75, 3.05) is 0 Å². The molecule has 2 bridgehead atoms. The van der Waals surface area contributed by atoms with Gasteiger partial charge in [0, 0.05) is 16.4 Å². The molecule has 2 aromatic rings. The molecule has 0 amide bonds. The molecule has 5 rings (SSSR count). The van der Waals surface area contributed by atoms with Crippen LogP contribution >= 0.6 is 11.8 Å². The second-order valence-electron chi connectivity index (χ2n) is 7.49. The maximum absolute atomic E-state index is 13.5. The molecule has 2 saturated heterocycles. The van der Waals surface area contributed by atoms with Crippen LogP contribution in [0.15, 0.2) is 48.5 Å². The first kappa shape index (κ1) is 14.8. The molecule has 2 unspecified atom stereocenters. The fourth-order valence-electron chi connectivity index (χ4n) is 4.99. The van der Waals surface area contributed by atoms with Crippen LogP contribution < -0.4 is 0 Å². The minimum absolute atomic E-state index is 0.0359. The number of Topliss-reactive ketones (excluding diaryl/α,β-unsaturated/α-hetero) is 1. The molecule has 1 nitrogen and oxygen atoms in total. The van der Waals surface area contributed by atoms with E-state index in [0.29, 0.717) is 5.78 Å². The maximum Gasteiger partial charge on any atom is 0.147 e. The van der Waals surface area contributed by atoms with E-state index in [0.717, 1.165) is 23.3 Å². The SMILES string of the molecule is O=C(C1CC2CCCC(C1)S2)C1c2ccccc2-c2ccccc21. The molecule has 2 fully saturated rings. The van der Waals surface area contributed by atoms with Gasteiger partial charge >= 0.3 is 0 Å². The Hall–Kier alpha value is -1.54. The lowest BCUT2D eigenvalue weighted by Crippen LogP contribution is -2.34. The number of hydrogen-bond acceptors (Lipinski definition) is 2. The molecule has 0 spiro atoms. The highest BCUT2D eigenvalue weighted by Crippen LogP contribution is 2.50. The Labute approximate surface area is 147 Å². The van der Waals surface area contributed by atoms with Crippen molar-refractivity contribution in [3.05, 3.63) is 59.7 Å². The Kier molecular flexibility index (Phi) is 3.55. The van der Waals surface area contributed by atoms with Crippen molar-refractivity contribution in [1.29, 1.82) is 0 Å². The molecule has 0 saturated carbocycles. The van der Waals surface area contributed by atoms with Gasteiger partial charge < -0.3 is 0 Å². The van der Waals surface area contributed by atoms with E-state index in [1.807, 2.05) is 0 Å². The molecule has 1 aliphatic carbocycles. The highest BCUT2D eigenvalue weighted by Gasteiger charge is 2.41. The van der Waals surface area contributed by atoms with E-state index in [1.54, 1.807) is 0 Å². The minimum atomic E-state index is -0.0359. The Morgan fingerprint density at radius 1 is 0.833 bits per heavy atom. The van der Waals surface area contributed by atoms with Crippen molar-refractivity contribution in [2.24, 2.45) is 5.92 Å². The Morgan fingerprint density at radius 3 is 1.96 bits per heavy atom. The minimum Gasteiger partial charge on any atom is -0.298 e. The van der Waals surface area contributed by atoms with E-state index in [2.05, 4.69) is 60.3 Å². The van der Waals surface area contributed by atoms with E-state index < -0.39 is 0 Å². The van der Waals surface area contributed by atoms with Crippen LogP contribution in [0.1, 0.15) is 49.1 Å². The lowest BCUT2D eigenvalue weighted by atomic mass is 9.79. The van der Waals surface area contributed by atoms with Crippen molar-refractivity contribution in [3.8, 4) is 11.1 Å². The molecule has 2 aliphatic heterocycles. The van der Waals surface area contributed by atoms with Gasteiger partial charge in [-0.3, -0.25) is 4.79 Å². The Balaban J connectivity index is 1.53. The van der Waals surface area contributed by atoms with Crippen LogP contribution in [-0.4, -0.2) is 16.3 Å². The van der Waals surface area contributed by atoms with E-state index in [1.165, 1.54) is 41.5 Å². The summed E-state index contributed by atoms with van der Waals surface area (Å²) < 4.78 is 0. The van der Waals surface area contributed by atoms with E-state index >= 15 is 0 Å². The lowest BCUT2D eigenvalue weighted by molar-refractivity contribution is -0.124. The van der Waals surface area contributed by atoms with Gasteiger partial charge in [-0.05, 0) is 47.9 Å². The first-order valence-electron chi connectivity index (χ1n) is 9.18. The molecule has 2 aromatic carbocycles. The van der Waals surface area contributed by atoms with Crippen LogP contribution in [0.5, 0.6) is 0 Å². The number of thioether (sulfide) groups is 1. The van der Waals surface area contributed by atoms with Gasteiger partial charge in [-0.25, -0.2) is 0 Å². The topological polar surface area (TPSA) is 17.1 Å². The van der Waals surface area contributed by atoms with Crippen LogP contribution in [0.25, 0.3) is 11.1 Å². The summed E-state index contributed by atoms with van der Waals surface area (Å²) in [4.78, 5) is 13.5. The van der Waals surface area contributed by atoms with Crippen LogP contribution in [0, 0.1) is 5.92 Å². The number of ketones is 1. The third kappa shape index (κ3) is 2.27. The smallest absolute Gasteiger partial charge is 0.147 e. The number of carbonyl (C=O) groups excluding carboxylic acids is 1. The van der Waals surface area contributed by atoms with Gasteiger partial charge in [0.25, 0.3) is 0 Å². The van der Waals surface area contributed by atoms with Crippen molar-refractivity contribution >= 4 is 17.5 Å². The molecule has 2 heterocycles. The molecule has 2 heteroatoms. The fourth-order valence-corrected chi connectivity index (χ4v) is 6.83. The van der Waals surface area contributed by atoms with Crippen molar-refractivity contribution < 1.29 is 4.79 Å². The number of fused-ring (bicyclic) bond motifs is 5. The summed E-state index contributed by atoms with van der Waals surface area (Å²) in [7, 11) is 0. The second-order valence-corrected chi connectivity index (χ2v) is 9.09. The maximum atomic E-state index is 13.5. The van der Waals surface area contributed by atoms with Crippen molar-refractivity contribution in [2.45, 2.75) is 48.5 Å². The van der Waals surface area contributed by atoms with Crippen LogP contribution in [0.4, 0.5) is 0 Å². The molecule has 2 atom stereocenters. The largest absolute Gasteiger partial charge is 0.298 e. The Morgan fingerprint density at radius 2 is 1.38 bits per heavy atom. The summed E-state index contributed by atoms with van der Waals surface area (Å²) in [5.41, 5.74) is 4.98. The van der Waals surface area contributed by atoms with E-state index in [9.17, 15) is 4.79 Å². The monoisotopic (exact) mass is 334 g/mol. The zero-order valence-corrected chi connectivity index (χ0v) is 14.6. The zero-order valence-electron chi connectivity index (χ0n) is 13.8. The summed E-state index contributed by atoms with van der Waals surface area (Å²) in [6.45, 7) is 0. The average Bonchev–Trinajstić information content (AvgIpc) is 2.95. The molecule has 0 aromatic heterocycles. The van der Waals surface area contributed by atoms with Gasteiger partial charge in [-0.15, -0.1) is 0 Å². The van der Waals surface area contributed by atoms with Crippen molar-refractivity contribution in [1.82, 2.24) is 0 Å². The van der Waals surface area contributed by atoms with Gasteiger partial charge in [0.1, 0.15) is 5.78 Å². The number of carbonyl (C=O) groups is 1. The standard InChI is InChI=1S/C22H22OS/c23-22(14-12-15-6-5-7-16(13-14)24-15)21-19-10-3-1-8-17(19)18-9-2-4-11-20(18)21/h1-4,8-11,14-16,21H,5-7,12-13H2. The molecule has 3 aliphatic rings. The normalized spacial score (nSPS) is 28.2. The highest BCUT2D eigenvalue weighted by atomic mass is 32.2. The third-order valence-corrected chi connectivity index (χ3v) is 7.68. The number of benzene rings is 2. The molecule has 0 radical (unpaired) electrons. The molecule has 24 heavy (non-hydrogen) atoms.